The van der Waals surface area contributed by atoms with Gasteiger partial charge in [-0.25, -0.2) is 0 Å². The molecule has 4 nitrogen and oxygen atoms in total. The zero-order chi connectivity index (χ0) is 11.9. The monoisotopic (exact) mass is 242 g/mol. The maximum atomic E-state index is 5.72. The van der Waals surface area contributed by atoms with E-state index in [1.54, 1.807) is 0 Å². The van der Waals surface area contributed by atoms with E-state index in [9.17, 15) is 0 Å². The first-order chi connectivity index (χ1) is 8.38. The normalized spacial score (nSPS) is 26.3. The predicted octanol–water partition coefficient (Wildman–Crippen LogP) is 0.723. The van der Waals surface area contributed by atoms with Crippen molar-refractivity contribution in [2.45, 2.75) is 25.9 Å². The third kappa shape index (κ3) is 5.34. The Balaban J connectivity index is 1.43. The summed E-state index contributed by atoms with van der Waals surface area (Å²) >= 11 is 0. The van der Waals surface area contributed by atoms with Gasteiger partial charge in [0.1, 0.15) is 0 Å². The molecule has 1 unspecified atom stereocenters. The van der Waals surface area contributed by atoms with Crippen LogP contribution in [0.2, 0.25) is 0 Å². The van der Waals surface area contributed by atoms with Crippen LogP contribution in [0.25, 0.3) is 0 Å². The van der Waals surface area contributed by atoms with Gasteiger partial charge in [0.25, 0.3) is 0 Å². The van der Waals surface area contributed by atoms with Crippen LogP contribution in [0, 0.1) is 5.92 Å². The van der Waals surface area contributed by atoms with Gasteiger partial charge in [-0.2, -0.15) is 0 Å². The molecule has 1 saturated carbocycles. The molecule has 1 aliphatic carbocycles. The van der Waals surface area contributed by atoms with Gasteiger partial charge < -0.3 is 14.8 Å². The van der Waals surface area contributed by atoms with Crippen molar-refractivity contribution >= 4 is 0 Å². The van der Waals surface area contributed by atoms with E-state index in [2.05, 4.69) is 17.1 Å². The lowest BCUT2D eigenvalue weighted by molar-refractivity contribution is -0.0258. The summed E-state index contributed by atoms with van der Waals surface area (Å²) < 4.78 is 11.3. The molecule has 0 amide bonds. The lowest BCUT2D eigenvalue weighted by Crippen LogP contribution is -2.46. The lowest BCUT2D eigenvalue weighted by atomic mass is 10.2. The Labute approximate surface area is 105 Å². The van der Waals surface area contributed by atoms with Gasteiger partial charge in [-0.15, -0.1) is 0 Å². The van der Waals surface area contributed by atoms with Gasteiger partial charge in [0.05, 0.1) is 19.3 Å². The molecule has 2 rings (SSSR count). The molecule has 2 aliphatic rings. The number of ether oxygens (including phenoxy) is 2. The van der Waals surface area contributed by atoms with Crippen LogP contribution < -0.4 is 5.32 Å². The van der Waals surface area contributed by atoms with E-state index in [-0.39, 0.29) is 0 Å². The summed E-state index contributed by atoms with van der Waals surface area (Å²) in [4.78, 5) is 2.44. The van der Waals surface area contributed by atoms with E-state index in [0.29, 0.717) is 6.10 Å². The second kappa shape index (κ2) is 7.31. The number of rotatable bonds is 8. The Hall–Kier alpha value is -0.160. The molecule has 0 bridgehead atoms. The summed E-state index contributed by atoms with van der Waals surface area (Å²) in [6.45, 7) is 10.0. The molecular formula is C13H26N2O2. The maximum absolute atomic E-state index is 5.72. The first-order valence-corrected chi connectivity index (χ1v) is 7.01. The van der Waals surface area contributed by atoms with Gasteiger partial charge in [0.2, 0.25) is 0 Å². The van der Waals surface area contributed by atoms with E-state index >= 15 is 0 Å². The van der Waals surface area contributed by atoms with Crippen molar-refractivity contribution in [3.8, 4) is 0 Å². The summed E-state index contributed by atoms with van der Waals surface area (Å²) in [6.07, 6.45) is 3.10. The molecule has 0 aromatic carbocycles. The van der Waals surface area contributed by atoms with Crippen LogP contribution in [0.15, 0.2) is 0 Å². The molecule has 17 heavy (non-hydrogen) atoms. The Kier molecular flexibility index (Phi) is 5.71. The Bertz CT molecular complexity index is 210. The molecule has 1 aliphatic heterocycles. The number of morpholine rings is 1. The van der Waals surface area contributed by atoms with Crippen molar-refractivity contribution in [3.05, 3.63) is 0 Å². The van der Waals surface area contributed by atoms with Crippen molar-refractivity contribution in [1.82, 2.24) is 10.2 Å². The molecule has 0 spiro atoms. The van der Waals surface area contributed by atoms with Crippen molar-refractivity contribution in [2.75, 3.05) is 52.5 Å². The highest BCUT2D eigenvalue weighted by atomic mass is 16.5. The minimum atomic E-state index is 0.354. The lowest BCUT2D eigenvalue weighted by Gasteiger charge is -2.32. The largest absolute Gasteiger partial charge is 0.380 e. The number of likely N-dealkylation sites (N-methyl/N-ethyl adjacent to an activating group) is 1. The summed E-state index contributed by atoms with van der Waals surface area (Å²) in [5.41, 5.74) is 0. The Morgan fingerprint density at radius 2 is 2.29 bits per heavy atom. The van der Waals surface area contributed by atoms with Gasteiger partial charge >= 0.3 is 0 Å². The molecule has 1 heterocycles. The molecule has 1 N–H and O–H groups in total. The molecule has 0 aromatic heterocycles. The van der Waals surface area contributed by atoms with Gasteiger partial charge in [0, 0.05) is 32.8 Å². The van der Waals surface area contributed by atoms with Crippen LogP contribution in [-0.4, -0.2) is 63.5 Å². The van der Waals surface area contributed by atoms with Crippen LogP contribution in [0.3, 0.4) is 0 Å². The summed E-state index contributed by atoms with van der Waals surface area (Å²) in [6, 6.07) is 0. The van der Waals surface area contributed by atoms with E-state index in [4.69, 9.17) is 9.47 Å². The third-order valence-corrected chi connectivity index (χ3v) is 3.52. The number of nitrogens with one attached hydrogen (secondary N) is 1. The molecule has 0 aromatic rings. The predicted molar refractivity (Wildman–Crippen MR) is 68.3 cm³/mol. The number of hydrogen-bond acceptors (Lipinski definition) is 4. The van der Waals surface area contributed by atoms with Crippen LogP contribution in [0.4, 0.5) is 0 Å². The highest BCUT2D eigenvalue weighted by Gasteiger charge is 2.21. The molecule has 1 atom stereocenters. The standard InChI is InChI=1S/C13H26N2O2/c1-2-15-6-8-17-13(10-15)9-14-5-7-16-11-12-3-4-12/h12-14H,2-11H2,1H3. The van der Waals surface area contributed by atoms with E-state index in [0.717, 1.165) is 58.5 Å². The molecule has 0 radical (unpaired) electrons. The first-order valence-electron chi connectivity index (χ1n) is 7.01. The fraction of sp³-hybridized carbons (Fsp3) is 1.00. The van der Waals surface area contributed by atoms with E-state index < -0.39 is 0 Å². The van der Waals surface area contributed by atoms with Gasteiger partial charge in [-0.05, 0) is 25.3 Å². The average Bonchev–Trinajstić information content (AvgIpc) is 3.18. The quantitative estimate of drug-likeness (QED) is 0.636. The fourth-order valence-corrected chi connectivity index (χ4v) is 2.13. The highest BCUT2D eigenvalue weighted by Crippen LogP contribution is 2.28. The van der Waals surface area contributed by atoms with E-state index in [1.807, 2.05) is 0 Å². The fourth-order valence-electron chi connectivity index (χ4n) is 2.13. The average molecular weight is 242 g/mol. The minimum Gasteiger partial charge on any atom is -0.380 e. The number of hydrogen-bond donors (Lipinski definition) is 1. The molecule has 4 heteroatoms. The van der Waals surface area contributed by atoms with Crippen LogP contribution in [0.5, 0.6) is 0 Å². The van der Waals surface area contributed by atoms with Crippen LogP contribution >= 0.6 is 0 Å². The van der Waals surface area contributed by atoms with Crippen molar-refractivity contribution in [2.24, 2.45) is 5.92 Å². The topological polar surface area (TPSA) is 33.7 Å². The van der Waals surface area contributed by atoms with E-state index in [1.165, 1.54) is 12.8 Å². The minimum absolute atomic E-state index is 0.354. The molecule has 1 saturated heterocycles. The first kappa shape index (κ1) is 13.3. The van der Waals surface area contributed by atoms with Crippen LogP contribution in [0.1, 0.15) is 19.8 Å². The van der Waals surface area contributed by atoms with Gasteiger partial charge in [-0.1, -0.05) is 6.92 Å². The Morgan fingerprint density at radius 3 is 3.06 bits per heavy atom. The van der Waals surface area contributed by atoms with Crippen molar-refractivity contribution in [3.63, 3.8) is 0 Å². The van der Waals surface area contributed by atoms with Gasteiger partial charge in [-0.3, -0.25) is 4.90 Å². The smallest absolute Gasteiger partial charge is 0.0826 e. The Morgan fingerprint density at radius 1 is 1.41 bits per heavy atom. The zero-order valence-electron chi connectivity index (χ0n) is 11.0. The molecular weight excluding hydrogens is 216 g/mol. The number of nitrogens with zero attached hydrogens (tertiary/aromatic N) is 1. The summed E-state index contributed by atoms with van der Waals surface area (Å²) in [5.74, 6) is 0.870. The second-order valence-corrected chi connectivity index (χ2v) is 5.11. The van der Waals surface area contributed by atoms with Gasteiger partial charge in [0.15, 0.2) is 0 Å². The molecule has 100 valence electrons. The molecule has 2 fully saturated rings. The zero-order valence-corrected chi connectivity index (χ0v) is 11.0. The van der Waals surface area contributed by atoms with Crippen molar-refractivity contribution < 1.29 is 9.47 Å². The summed E-state index contributed by atoms with van der Waals surface area (Å²) in [5, 5.41) is 3.42. The van der Waals surface area contributed by atoms with Crippen molar-refractivity contribution in [1.29, 1.82) is 0 Å². The van der Waals surface area contributed by atoms with Crippen LogP contribution in [-0.2, 0) is 9.47 Å². The maximum Gasteiger partial charge on any atom is 0.0826 e. The second-order valence-electron chi connectivity index (χ2n) is 5.11. The SMILES string of the molecule is CCN1CCOC(CNCCOCC2CC2)C1. The highest BCUT2D eigenvalue weighted by molar-refractivity contribution is 4.73. The summed E-state index contributed by atoms with van der Waals surface area (Å²) in [7, 11) is 0. The third-order valence-electron chi connectivity index (χ3n) is 3.52.